The van der Waals surface area contributed by atoms with Crippen LogP contribution in [0.1, 0.15) is 42.2 Å². The number of anilines is 1. The fourth-order valence-corrected chi connectivity index (χ4v) is 2.64. The Kier molecular flexibility index (Phi) is 3.84. The van der Waals surface area contributed by atoms with Crippen LogP contribution in [-0.2, 0) is 0 Å². The number of carboxylic acid groups (broad SMARTS) is 1. The van der Waals surface area contributed by atoms with E-state index in [1.165, 1.54) is 25.5 Å². The molecule has 1 aromatic rings. The molecule has 0 aromatic carbocycles. The zero-order valence-electron chi connectivity index (χ0n) is 10.9. The standard InChI is InChI=1S/C14H20N2O2/c1-9-3-4-11(5-9)7-16-13-6-10(2)15-8-12(13)14(17)18/h6,8-9,11H,3-5,7H2,1-2H3,(H,15,16)(H,17,18). The topological polar surface area (TPSA) is 62.2 Å². The minimum absolute atomic E-state index is 0.256. The van der Waals surface area contributed by atoms with Crippen molar-refractivity contribution in [2.45, 2.75) is 33.1 Å². The van der Waals surface area contributed by atoms with E-state index in [0.29, 0.717) is 11.6 Å². The van der Waals surface area contributed by atoms with Gasteiger partial charge in [0.1, 0.15) is 5.56 Å². The summed E-state index contributed by atoms with van der Waals surface area (Å²) in [7, 11) is 0. The lowest BCUT2D eigenvalue weighted by Crippen LogP contribution is -2.14. The molecule has 4 heteroatoms. The van der Waals surface area contributed by atoms with Crippen molar-refractivity contribution in [2.24, 2.45) is 11.8 Å². The summed E-state index contributed by atoms with van der Waals surface area (Å²) in [6, 6.07) is 1.81. The molecule has 0 aliphatic heterocycles. The molecule has 4 nitrogen and oxygen atoms in total. The van der Waals surface area contributed by atoms with Gasteiger partial charge in [-0.15, -0.1) is 0 Å². The summed E-state index contributed by atoms with van der Waals surface area (Å²) in [5, 5.41) is 12.4. The van der Waals surface area contributed by atoms with Crippen molar-refractivity contribution < 1.29 is 9.90 Å². The van der Waals surface area contributed by atoms with Crippen LogP contribution in [0.25, 0.3) is 0 Å². The second-order valence-corrected chi connectivity index (χ2v) is 5.34. The van der Waals surface area contributed by atoms with E-state index in [4.69, 9.17) is 5.11 Å². The smallest absolute Gasteiger partial charge is 0.339 e. The number of nitrogens with zero attached hydrogens (tertiary/aromatic N) is 1. The molecule has 1 aliphatic carbocycles. The highest BCUT2D eigenvalue weighted by Gasteiger charge is 2.21. The molecule has 2 unspecified atom stereocenters. The predicted octanol–water partition coefficient (Wildman–Crippen LogP) is 2.94. The van der Waals surface area contributed by atoms with E-state index in [-0.39, 0.29) is 5.56 Å². The van der Waals surface area contributed by atoms with E-state index in [1.807, 2.05) is 13.0 Å². The monoisotopic (exact) mass is 248 g/mol. The van der Waals surface area contributed by atoms with Crippen LogP contribution in [0.5, 0.6) is 0 Å². The second-order valence-electron chi connectivity index (χ2n) is 5.34. The third kappa shape index (κ3) is 3.00. The molecule has 0 radical (unpaired) electrons. The van der Waals surface area contributed by atoms with Crippen molar-refractivity contribution in [3.63, 3.8) is 0 Å². The molecule has 1 aromatic heterocycles. The van der Waals surface area contributed by atoms with E-state index in [1.54, 1.807) is 0 Å². The average Bonchev–Trinajstić information content (AvgIpc) is 2.72. The number of aromatic carboxylic acids is 1. The normalized spacial score (nSPS) is 23.0. The molecule has 18 heavy (non-hydrogen) atoms. The van der Waals surface area contributed by atoms with Crippen molar-refractivity contribution in [1.29, 1.82) is 0 Å². The highest BCUT2D eigenvalue weighted by Crippen LogP contribution is 2.30. The zero-order chi connectivity index (χ0) is 13.1. The largest absolute Gasteiger partial charge is 0.478 e. The van der Waals surface area contributed by atoms with Gasteiger partial charge in [-0.3, -0.25) is 4.98 Å². The van der Waals surface area contributed by atoms with Crippen LogP contribution in [0, 0.1) is 18.8 Å². The Morgan fingerprint density at radius 1 is 1.56 bits per heavy atom. The van der Waals surface area contributed by atoms with Gasteiger partial charge in [-0.05, 0) is 37.7 Å². The Morgan fingerprint density at radius 3 is 2.94 bits per heavy atom. The van der Waals surface area contributed by atoms with Crippen LogP contribution in [0.2, 0.25) is 0 Å². The van der Waals surface area contributed by atoms with Crippen molar-refractivity contribution in [3.8, 4) is 0 Å². The van der Waals surface area contributed by atoms with Gasteiger partial charge in [-0.25, -0.2) is 4.79 Å². The lowest BCUT2D eigenvalue weighted by molar-refractivity contribution is 0.0697. The average molecular weight is 248 g/mol. The second kappa shape index (κ2) is 5.38. The number of carboxylic acids is 1. The van der Waals surface area contributed by atoms with Crippen LogP contribution in [-0.4, -0.2) is 22.6 Å². The molecule has 0 spiro atoms. The molecule has 0 saturated heterocycles. The van der Waals surface area contributed by atoms with Crippen LogP contribution >= 0.6 is 0 Å². The fourth-order valence-electron chi connectivity index (χ4n) is 2.64. The van der Waals surface area contributed by atoms with Gasteiger partial charge in [0.05, 0.1) is 5.69 Å². The number of aryl methyl sites for hydroxylation is 1. The predicted molar refractivity (Wildman–Crippen MR) is 70.9 cm³/mol. The minimum Gasteiger partial charge on any atom is -0.478 e. The van der Waals surface area contributed by atoms with Crippen molar-refractivity contribution >= 4 is 11.7 Å². The first-order chi connectivity index (χ1) is 8.56. The highest BCUT2D eigenvalue weighted by molar-refractivity contribution is 5.93. The molecule has 1 fully saturated rings. The maximum absolute atomic E-state index is 11.1. The van der Waals surface area contributed by atoms with Gasteiger partial charge in [0.25, 0.3) is 0 Å². The van der Waals surface area contributed by atoms with E-state index in [2.05, 4.69) is 17.2 Å². The Balaban J connectivity index is 2.04. The van der Waals surface area contributed by atoms with E-state index in [0.717, 1.165) is 18.2 Å². The number of hydrogen-bond acceptors (Lipinski definition) is 3. The number of carbonyl (C=O) groups is 1. The molecule has 2 atom stereocenters. The first kappa shape index (κ1) is 12.9. The third-order valence-electron chi connectivity index (χ3n) is 3.66. The van der Waals surface area contributed by atoms with E-state index in [9.17, 15) is 4.79 Å². The third-order valence-corrected chi connectivity index (χ3v) is 3.66. The van der Waals surface area contributed by atoms with Gasteiger partial charge in [-0.2, -0.15) is 0 Å². The molecule has 2 N–H and O–H groups in total. The fraction of sp³-hybridized carbons (Fsp3) is 0.571. The first-order valence-corrected chi connectivity index (χ1v) is 6.50. The molecule has 0 amide bonds. The van der Waals surface area contributed by atoms with Gasteiger partial charge < -0.3 is 10.4 Å². The quantitative estimate of drug-likeness (QED) is 0.860. The van der Waals surface area contributed by atoms with Gasteiger partial charge in [0, 0.05) is 18.4 Å². The molecular weight excluding hydrogens is 228 g/mol. The summed E-state index contributed by atoms with van der Waals surface area (Å²) in [5.41, 5.74) is 1.78. The Labute approximate surface area is 107 Å². The van der Waals surface area contributed by atoms with Gasteiger partial charge >= 0.3 is 5.97 Å². The lowest BCUT2D eigenvalue weighted by Gasteiger charge is -2.14. The molecule has 98 valence electrons. The summed E-state index contributed by atoms with van der Waals surface area (Å²) in [6.07, 6.45) is 5.19. The molecule has 0 bridgehead atoms. The maximum Gasteiger partial charge on any atom is 0.339 e. The maximum atomic E-state index is 11.1. The Hall–Kier alpha value is -1.58. The van der Waals surface area contributed by atoms with Crippen molar-refractivity contribution in [2.75, 3.05) is 11.9 Å². The number of nitrogens with one attached hydrogen (secondary N) is 1. The van der Waals surface area contributed by atoms with Gasteiger partial charge in [-0.1, -0.05) is 13.3 Å². The Morgan fingerprint density at radius 2 is 2.33 bits per heavy atom. The highest BCUT2D eigenvalue weighted by atomic mass is 16.4. The zero-order valence-corrected chi connectivity index (χ0v) is 10.9. The van der Waals surface area contributed by atoms with Gasteiger partial charge in [0.2, 0.25) is 0 Å². The van der Waals surface area contributed by atoms with E-state index >= 15 is 0 Å². The minimum atomic E-state index is -0.926. The Bertz CT molecular complexity index is 445. The van der Waals surface area contributed by atoms with Crippen molar-refractivity contribution in [1.82, 2.24) is 4.98 Å². The molecule has 2 rings (SSSR count). The number of rotatable bonds is 4. The summed E-state index contributed by atoms with van der Waals surface area (Å²) < 4.78 is 0. The van der Waals surface area contributed by atoms with Crippen LogP contribution in [0.15, 0.2) is 12.3 Å². The summed E-state index contributed by atoms with van der Waals surface area (Å²) >= 11 is 0. The summed E-state index contributed by atoms with van der Waals surface area (Å²) in [6.45, 7) is 5.00. The first-order valence-electron chi connectivity index (χ1n) is 6.50. The van der Waals surface area contributed by atoms with E-state index < -0.39 is 5.97 Å². The summed E-state index contributed by atoms with van der Waals surface area (Å²) in [5.74, 6) is 0.537. The molecule has 1 saturated carbocycles. The van der Waals surface area contributed by atoms with Gasteiger partial charge in [0.15, 0.2) is 0 Å². The number of hydrogen-bond donors (Lipinski definition) is 2. The summed E-state index contributed by atoms with van der Waals surface area (Å²) in [4.78, 5) is 15.1. The molecule has 1 heterocycles. The number of pyridine rings is 1. The lowest BCUT2D eigenvalue weighted by atomic mass is 10.1. The van der Waals surface area contributed by atoms with Crippen molar-refractivity contribution in [3.05, 3.63) is 23.5 Å². The number of aromatic nitrogens is 1. The molecule has 1 aliphatic rings. The SMILES string of the molecule is Cc1cc(NCC2CCC(C)C2)c(C(=O)O)cn1. The van der Waals surface area contributed by atoms with Crippen LogP contribution in [0.4, 0.5) is 5.69 Å². The van der Waals surface area contributed by atoms with Crippen LogP contribution in [0.3, 0.4) is 0 Å². The molecular formula is C14H20N2O2. The van der Waals surface area contributed by atoms with Crippen LogP contribution < -0.4 is 5.32 Å².